The van der Waals surface area contributed by atoms with E-state index in [9.17, 15) is 0 Å². The van der Waals surface area contributed by atoms with Gasteiger partial charge in [-0.25, -0.2) is 0 Å². The Labute approximate surface area is 166 Å². The van der Waals surface area contributed by atoms with Gasteiger partial charge in [-0.15, -0.1) is 0 Å². The van der Waals surface area contributed by atoms with Gasteiger partial charge in [0.25, 0.3) is 0 Å². The third-order valence-corrected chi connectivity index (χ3v) is 5.08. The Morgan fingerprint density at radius 3 is 2.14 bits per heavy atom. The van der Waals surface area contributed by atoms with Gasteiger partial charge in [-0.1, -0.05) is 66.7 Å². The third kappa shape index (κ3) is 2.84. The van der Waals surface area contributed by atoms with E-state index in [1.807, 2.05) is 30.3 Å². The highest BCUT2D eigenvalue weighted by molar-refractivity contribution is 7.71. The number of nitrogens with one attached hydrogen (secondary N) is 1. The molecule has 0 atom stereocenters. The molecule has 0 aliphatic rings. The first-order chi connectivity index (χ1) is 13.8. The first kappa shape index (κ1) is 16.6. The molecular weight excluding hydrogens is 366 g/mol. The van der Waals surface area contributed by atoms with Crippen molar-refractivity contribution in [2.45, 2.75) is 6.54 Å². The average molecular weight is 383 g/mol. The number of nitrogens with zero attached hydrogens (tertiary/aromatic N) is 4. The lowest BCUT2D eigenvalue weighted by atomic mass is 10.2. The topological polar surface area (TPSA) is 50.9 Å². The summed E-state index contributed by atoms with van der Waals surface area (Å²) in [4.78, 5) is 0. The van der Waals surface area contributed by atoms with Crippen LogP contribution in [0.3, 0.4) is 0 Å². The lowest BCUT2D eigenvalue weighted by molar-refractivity contribution is 0.716. The van der Waals surface area contributed by atoms with E-state index in [4.69, 9.17) is 12.2 Å². The van der Waals surface area contributed by atoms with Gasteiger partial charge >= 0.3 is 0 Å². The minimum absolute atomic E-state index is 0.475. The molecule has 0 saturated heterocycles. The Hall–Kier alpha value is -3.51. The molecule has 2 heterocycles. The van der Waals surface area contributed by atoms with Crippen LogP contribution in [0.5, 0.6) is 0 Å². The number of aromatic amines is 1. The van der Waals surface area contributed by atoms with Crippen LogP contribution in [0.25, 0.3) is 21.8 Å². The lowest BCUT2D eigenvalue weighted by Crippen LogP contribution is -2.06. The summed E-state index contributed by atoms with van der Waals surface area (Å²) < 4.78 is 4.42. The van der Waals surface area contributed by atoms with Gasteiger partial charge in [0, 0.05) is 21.8 Å². The summed E-state index contributed by atoms with van der Waals surface area (Å²) in [5.74, 6) is 0.753. The van der Waals surface area contributed by atoms with E-state index < -0.39 is 0 Å². The van der Waals surface area contributed by atoms with Crippen LogP contribution in [-0.4, -0.2) is 25.7 Å². The fourth-order valence-electron chi connectivity index (χ4n) is 3.52. The third-order valence-electron chi connectivity index (χ3n) is 4.82. The summed E-state index contributed by atoms with van der Waals surface area (Å²) in [6.07, 6.45) is 1.79. The Morgan fingerprint density at radius 1 is 0.857 bits per heavy atom. The van der Waals surface area contributed by atoms with E-state index >= 15 is 0 Å². The van der Waals surface area contributed by atoms with Crippen LogP contribution in [-0.2, 0) is 6.54 Å². The maximum atomic E-state index is 5.40. The largest absolute Gasteiger partial charge is 0.333 e. The number of aromatic nitrogens is 4. The molecule has 0 radical (unpaired) electrons. The number of hydrogen-bond acceptors (Lipinski definition) is 3. The van der Waals surface area contributed by atoms with E-state index in [-0.39, 0.29) is 0 Å². The second-order valence-electron chi connectivity index (χ2n) is 6.53. The summed E-state index contributed by atoms with van der Waals surface area (Å²) in [7, 11) is 0. The first-order valence-corrected chi connectivity index (χ1v) is 9.44. The SMILES string of the molecule is S=c1[nH]nc(Cn2c3ccccc3c3ccccc32)n1/N=C/c1ccccc1. The number of fused-ring (bicyclic) bond motifs is 3. The van der Waals surface area contributed by atoms with Crippen LogP contribution >= 0.6 is 12.2 Å². The Morgan fingerprint density at radius 2 is 1.46 bits per heavy atom. The van der Waals surface area contributed by atoms with E-state index in [2.05, 4.69) is 68.4 Å². The average Bonchev–Trinajstić information content (AvgIpc) is 3.26. The van der Waals surface area contributed by atoms with Gasteiger partial charge in [0.15, 0.2) is 5.82 Å². The molecule has 0 amide bonds. The number of benzene rings is 3. The highest BCUT2D eigenvalue weighted by Gasteiger charge is 2.13. The Bertz CT molecular complexity index is 1310. The van der Waals surface area contributed by atoms with Gasteiger partial charge in [0.1, 0.15) is 0 Å². The number of H-pyrrole nitrogens is 1. The first-order valence-electron chi connectivity index (χ1n) is 9.03. The van der Waals surface area contributed by atoms with Gasteiger partial charge < -0.3 is 4.57 Å². The van der Waals surface area contributed by atoms with Crippen LogP contribution in [0.2, 0.25) is 0 Å². The molecule has 0 spiro atoms. The zero-order valence-corrected chi connectivity index (χ0v) is 15.8. The van der Waals surface area contributed by atoms with Crippen molar-refractivity contribution in [2.75, 3.05) is 0 Å². The normalized spacial score (nSPS) is 11.7. The standard InChI is InChI=1S/C22H17N5S/c28-22-25-24-21(27(22)23-14-16-8-2-1-3-9-16)15-26-19-12-6-4-10-17(19)18-11-5-7-13-20(18)26/h1-14H,15H2,(H,25,28)/b23-14+. The van der Waals surface area contributed by atoms with Crippen LogP contribution in [0.1, 0.15) is 11.4 Å². The molecule has 5 rings (SSSR count). The van der Waals surface area contributed by atoms with E-state index in [0.29, 0.717) is 11.3 Å². The fraction of sp³-hybridized carbons (Fsp3) is 0.0455. The van der Waals surface area contributed by atoms with Crippen molar-refractivity contribution in [3.63, 3.8) is 0 Å². The van der Waals surface area contributed by atoms with Gasteiger partial charge in [0.05, 0.1) is 12.8 Å². The van der Waals surface area contributed by atoms with Gasteiger partial charge in [-0.2, -0.15) is 14.9 Å². The molecule has 6 heteroatoms. The smallest absolute Gasteiger partial charge is 0.216 e. The van der Waals surface area contributed by atoms with Crippen molar-refractivity contribution < 1.29 is 0 Å². The monoisotopic (exact) mass is 383 g/mol. The minimum atomic E-state index is 0.475. The van der Waals surface area contributed by atoms with E-state index in [0.717, 1.165) is 22.4 Å². The van der Waals surface area contributed by atoms with Crippen molar-refractivity contribution in [1.29, 1.82) is 0 Å². The van der Waals surface area contributed by atoms with E-state index in [1.165, 1.54) is 10.8 Å². The molecule has 0 saturated carbocycles. The molecule has 2 aromatic heterocycles. The Balaban J connectivity index is 1.61. The molecule has 0 bridgehead atoms. The van der Waals surface area contributed by atoms with Gasteiger partial charge in [-0.3, -0.25) is 5.10 Å². The highest BCUT2D eigenvalue weighted by Crippen LogP contribution is 2.29. The molecular formula is C22H17N5S. The number of rotatable bonds is 4. The zero-order valence-electron chi connectivity index (χ0n) is 15.0. The molecule has 28 heavy (non-hydrogen) atoms. The van der Waals surface area contributed by atoms with Crippen molar-refractivity contribution in [3.8, 4) is 0 Å². The zero-order chi connectivity index (χ0) is 18.9. The molecule has 0 aliphatic carbocycles. The van der Waals surface area contributed by atoms with Crippen molar-refractivity contribution in [3.05, 3.63) is 95.0 Å². The summed E-state index contributed by atoms with van der Waals surface area (Å²) >= 11 is 5.40. The fourth-order valence-corrected chi connectivity index (χ4v) is 3.72. The lowest BCUT2D eigenvalue weighted by Gasteiger charge is -2.07. The number of para-hydroxylation sites is 2. The van der Waals surface area contributed by atoms with Crippen molar-refractivity contribution >= 4 is 40.2 Å². The van der Waals surface area contributed by atoms with E-state index in [1.54, 1.807) is 10.9 Å². The van der Waals surface area contributed by atoms with Gasteiger partial charge in [-0.05, 0) is 29.9 Å². The Kier molecular flexibility index (Phi) is 4.10. The summed E-state index contributed by atoms with van der Waals surface area (Å²) in [5.41, 5.74) is 3.33. The summed E-state index contributed by atoms with van der Waals surface area (Å²) in [5, 5.41) is 14.3. The van der Waals surface area contributed by atoms with Crippen LogP contribution in [0, 0.1) is 4.77 Å². The maximum absolute atomic E-state index is 5.40. The van der Waals surface area contributed by atoms with Crippen LogP contribution < -0.4 is 0 Å². The van der Waals surface area contributed by atoms with Crippen LogP contribution in [0.15, 0.2) is 84.0 Å². The quantitative estimate of drug-likeness (QED) is 0.351. The molecule has 136 valence electrons. The molecule has 5 aromatic rings. The molecule has 0 fully saturated rings. The summed E-state index contributed by atoms with van der Waals surface area (Å²) in [6.45, 7) is 0.563. The molecule has 3 aromatic carbocycles. The molecule has 5 nitrogen and oxygen atoms in total. The molecule has 0 unspecified atom stereocenters. The second-order valence-corrected chi connectivity index (χ2v) is 6.92. The van der Waals surface area contributed by atoms with Crippen LogP contribution in [0.4, 0.5) is 0 Å². The predicted octanol–water partition coefficient (Wildman–Crippen LogP) is 4.98. The predicted molar refractivity (Wildman–Crippen MR) is 115 cm³/mol. The van der Waals surface area contributed by atoms with Gasteiger partial charge in [0.2, 0.25) is 4.77 Å². The van der Waals surface area contributed by atoms with Crippen molar-refractivity contribution in [2.24, 2.45) is 5.10 Å². The van der Waals surface area contributed by atoms with Crippen molar-refractivity contribution in [1.82, 2.24) is 19.4 Å². The molecule has 0 aliphatic heterocycles. The second kappa shape index (κ2) is 6.90. The maximum Gasteiger partial charge on any atom is 0.216 e. The minimum Gasteiger partial charge on any atom is -0.333 e. The summed E-state index contributed by atoms with van der Waals surface area (Å²) in [6, 6.07) is 26.8. The highest BCUT2D eigenvalue weighted by atomic mass is 32.1. The molecule has 1 N–H and O–H groups in total. The number of hydrogen-bond donors (Lipinski definition) is 1.